The Hall–Kier alpha value is -1.45. The fraction of sp³-hybridized carbons (Fsp3) is 0.538. The molecule has 0 radical (unpaired) electrons. The van der Waals surface area contributed by atoms with Crippen LogP contribution in [0.2, 0.25) is 0 Å². The fourth-order valence-electron chi connectivity index (χ4n) is 2.05. The van der Waals surface area contributed by atoms with Gasteiger partial charge < -0.3 is 5.32 Å². The van der Waals surface area contributed by atoms with Crippen LogP contribution in [0.5, 0.6) is 0 Å². The normalized spacial score (nSPS) is 15.4. The van der Waals surface area contributed by atoms with Crippen molar-refractivity contribution in [2.24, 2.45) is 0 Å². The number of amides is 2. The summed E-state index contributed by atoms with van der Waals surface area (Å²) in [5.41, 5.74) is 0.860. The summed E-state index contributed by atoms with van der Waals surface area (Å²) in [4.78, 5) is 16.8. The van der Waals surface area contributed by atoms with Crippen molar-refractivity contribution < 1.29 is 13.2 Å². The molecule has 9 heteroatoms. The first kappa shape index (κ1) is 16.9. The molecule has 0 bridgehead atoms. The number of aromatic nitrogens is 1. The SMILES string of the molecule is C=CCNC(=O)Nc1nc2c(s1)CN(S(=O)(=O)C(C)C)CC2. The van der Waals surface area contributed by atoms with Crippen LogP contribution in [0.15, 0.2) is 12.7 Å². The molecule has 1 aromatic rings. The Morgan fingerprint density at radius 2 is 2.27 bits per heavy atom. The molecule has 2 amide bonds. The van der Waals surface area contributed by atoms with Crippen LogP contribution in [0, 0.1) is 0 Å². The van der Waals surface area contributed by atoms with Crippen molar-refractivity contribution in [3.05, 3.63) is 23.2 Å². The molecule has 0 fully saturated rings. The molecule has 1 aliphatic heterocycles. The summed E-state index contributed by atoms with van der Waals surface area (Å²) in [6.45, 7) is 8.00. The lowest BCUT2D eigenvalue weighted by Gasteiger charge is -2.26. The minimum absolute atomic E-state index is 0.323. The van der Waals surface area contributed by atoms with E-state index in [0.717, 1.165) is 10.6 Å². The third-order valence-corrected chi connectivity index (χ3v) is 6.50. The molecule has 0 aliphatic carbocycles. The van der Waals surface area contributed by atoms with Gasteiger partial charge in [0.1, 0.15) is 0 Å². The molecule has 1 aliphatic rings. The van der Waals surface area contributed by atoms with Crippen molar-refractivity contribution in [3.63, 3.8) is 0 Å². The van der Waals surface area contributed by atoms with Gasteiger partial charge in [0.15, 0.2) is 5.13 Å². The zero-order valence-corrected chi connectivity index (χ0v) is 14.3. The largest absolute Gasteiger partial charge is 0.334 e. The van der Waals surface area contributed by atoms with E-state index in [0.29, 0.717) is 31.2 Å². The smallest absolute Gasteiger partial charge is 0.321 e. The molecule has 0 aromatic carbocycles. The van der Waals surface area contributed by atoms with Gasteiger partial charge in [0.25, 0.3) is 0 Å². The van der Waals surface area contributed by atoms with Crippen molar-refractivity contribution in [1.82, 2.24) is 14.6 Å². The van der Waals surface area contributed by atoms with Crippen LogP contribution in [0.3, 0.4) is 0 Å². The van der Waals surface area contributed by atoms with Gasteiger partial charge in [-0.15, -0.1) is 6.58 Å². The molecule has 0 saturated heterocycles. The number of carbonyl (C=O) groups is 1. The Labute approximate surface area is 134 Å². The van der Waals surface area contributed by atoms with E-state index in [1.807, 2.05) is 0 Å². The van der Waals surface area contributed by atoms with Crippen molar-refractivity contribution in [2.45, 2.75) is 32.1 Å². The highest BCUT2D eigenvalue weighted by Crippen LogP contribution is 2.30. The quantitative estimate of drug-likeness (QED) is 0.793. The Morgan fingerprint density at radius 1 is 1.55 bits per heavy atom. The molecule has 7 nitrogen and oxygen atoms in total. The maximum atomic E-state index is 12.2. The van der Waals surface area contributed by atoms with Crippen LogP contribution in [-0.2, 0) is 23.0 Å². The molecule has 22 heavy (non-hydrogen) atoms. The number of hydrogen-bond acceptors (Lipinski definition) is 5. The van der Waals surface area contributed by atoms with Crippen molar-refractivity contribution in [3.8, 4) is 0 Å². The lowest BCUT2D eigenvalue weighted by molar-refractivity contribution is 0.253. The Bertz CT molecular complexity index is 667. The average molecular weight is 344 g/mol. The van der Waals surface area contributed by atoms with Gasteiger partial charge in [-0.1, -0.05) is 17.4 Å². The molecule has 0 saturated carbocycles. The highest BCUT2D eigenvalue weighted by molar-refractivity contribution is 7.89. The van der Waals surface area contributed by atoms with Crippen molar-refractivity contribution >= 4 is 32.5 Å². The first-order valence-corrected chi connectivity index (χ1v) is 9.30. The minimum atomic E-state index is -3.27. The summed E-state index contributed by atoms with van der Waals surface area (Å²) in [6, 6.07) is -0.349. The van der Waals surface area contributed by atoms with Gasteiger partial charge in [0.05, 0.1) is 10.9 Å². The van der Waals surface area contributed by atoms with Gasteiger partial charge in [-0.05, 0) is 13.8 Å². The van der Waals surface area contributed by atoms with E-state index in [4.69, 9.17) is 0 Å². The standard InChI is InChI=1S/C13H20N4O3S2/c1-4-6-14-12(18)16-13-15-10-5-7-17(8-11(10)21-13)22(19,20)9(2)3/h4,9H,1,5-8H2,2-3H3,(H2,14,15,16,18). The van der Waals surface area contributed by atoms with Crippen molar-refractivity contribution in [1.29, 1.82) is 0 Å². The minimum Gasteiger partial charge on any atom is -0.334 e. The van der Waals surface area contributed by atoms with Gasteiger partial charge in [-0.25, -0.2) is 18.2 Å². The number of hydrogen-bond donors (Lipinski definition) is 2. The van der Waals surface area contributed by atoms with Crippen LogP contribution in [-0.4, -0.2) is 42.1 Å². The predicted molar refractivity (Wildman–Crippen MR) is 87.5 cm³/mol. The molecular weight excluding hydrogens is 324 g/mol. The molecular formula is C13H20N4O3S2. The highest BCUT2D eigenvalue weighted by Gasteiger charge is 2.31. The third kappa shape index (κ3) is 3.65. The lowest BCUT2D eigenvalue weighted by atomic mass is 10.2. The van der Waals surface area contributed by atoms with E-state index in [1.54, 1.807) is 19.9 Å². The van der Waals surface area contributed by atoms with Gasteiger partial charge in [-0.2, -0.15) is 4.31 Å². The number of rotatable bonds is 5. The van der Waals surface area contributed by atoms with Gasteiger partial charge in [0.2, 0.25) is 10.0 Å². The number of sulfonamides is 1. The second-order valence-corrected chi connectivity index (χ2v) is 8.76. The summed E-state index contributed by atoms with van der Waals surface area (Å²) in [6.07, 6.45) is 2.15. The number of nitrogens with zero attached hydrogens (tertiary/aromatic N) is 2. The lowest BCUT2D eigenvalue weighted by Crippen LogP contribution is -2.39. The van der Waals surface area contributed by atoms with Crippen LogP contribution in [0.4, 0.5) is 9.93 Å². The number of nitrogens with one attached hydrogen (secondary N) is 2. The summed E-state index contributed by atoms with van der Waals surface area (Å²) in [5, 5.41) is 5.29. The molecule has 0 spiro atoms. The van der Waals surface area contributed by atoms with Gasteiger partial charge >= 0.3 is 6.03 Å². The van der Waals surface area contributed by atoms with Crippen molar-refractivity contribution in [2.75, 3.05) is 18.4 Å². The zero-order valence-electron chi connectivity index (χ0n) is 12.6. The second-order valence-electron chi connectivity index (χ2n) is 5.19. The number of fused-ring (bicyclic) bond motifs is 1. The van der Waals surface area contributed by atoms with Crippen LogP contribution >= 0.6 is 11.3 Å². The fourth-order valence-corrected chi connectivity index (χ4v) is 4.40. The monoisotopic (exact) mass is 344 g/mol. The highest BCUT2D eigenvalue weighted by atomic mass is 32.2. The van der Waals surface area contributed by atoms with Crippen LogP contribution < -0.4 is 10.6 Å². The maximum Gasteiger partial charge on any atom is 0.321 e. The number of urea groups is 1. The first-order valence-electron chi connectivity index (χ1n) is 6.98. The van der Waals surface area contributed by atoms with E-state index in [2.05, 4.69) is 22.2 Å². The number of anilines is 1. The average Bonchev–Trinajstić information content (AvgIpc) is 2.85. The number of carbonyl (C=O) groups excluding carboxylic acids is 1. The molecule has 2 heterocycles. The molecule has 1 aromatic heterocycles. The number of thiazole rings is 1. The summed E-state index contributed by atoms with van der Waals surface area (Å²) >= 11 is 1.31. The van der Waals surface area contributed by atoms with E-state index in [1.165, 1.54) is 15.6 Å². The van der Waals surface area contributed by atoms with Crippen LogP contribution in [0.1, 0.15) is 24.4 Å². The third-order valence-electron chi connectivity index (χ3n) is 3.28. The second kappa shape index (κ2) is 6.76. The van der Waals surface area contributed by atoms with E-state index in [-0.39, 0.29) is 6.03 Å². The van der Waals surface area contributed by atoms with E-state index >= 15 is 0 Å². The van der Waals surface area contributed by atoms with Gasteiger partial charge in [0, 0.05) is 30.9 Å². The summed E-state index contributed by atoms with van der Waals surface area (Å²) < 4.78 is 25.9. The predicted octanol–water partition coefficient (Wildman–Crippen LogP) is 1.55. The molecule has 0 unspecified atom stereocenters. The first-order chi connectivity index (χ1) is 10.3. The summed E-state index contributed by atoms with van der Waals surface area (Å²) in [7, 11) is -3.27. The zero-order chi connectivity index (χ0) is 16.3. The van der Waals surface area contributed by atoms with Crippen LogP contribution in [0.25, 0.3) is 0 Å². The Balaban J connectivity index is 2.08. The molecule has 0 atom stereocenters. The summed E-state index contributed by atoms with van der Waals surface area (Å²) in [5.74, 6) is 0. The molecule has 2 rings (SSSR count). The Kier molecular flexibility index (Phi) is 5.20. The van der Waals surface area contributed by atoms with E-state index < -0.39 is 15.3 Å². The Morgan fingerprint density at radius 3 is 2.91 bits per heavy atom. The van der Waals surface area contributed by atoms with E-state index in [9.17, 15) is 13.2 Å². The molecule has 122 valence electrons. The topological polar surface area (TPSA) is 91.4 Å². The van der Waals surface area contributed by atoms with Gasteiger partial charge in [-0.3, -0.25) is 5.32 Å². The molecule has 2 N–H and O–H groups in total. The maximum absolute atomic E-state index is 12.2.